The van der Waals surface area contributed by atoms with Crippen LogP contribution in [0.1, 0.15) is 46.0 Å². The van der Waals surface area contributed by atoms with E-state index >= 15 is 0 Å². The minimum atomic E-state index is -0.416. The lowest BCUT2D eigenvalue weighted by Crippen LogP contribution is -2.36. The standard InChI is InChI=1S/C15H31NO3/c1-3-13-7-5-6-8-15(13)19-12-14(17)11-16-9-10-18-4-2/h13-17H,3-12H2,1-2H3. The molecule has 0 saturated heterocycles. The van der Waals surface area contributed by atoms with Gasteiger partial charge in [0.15, 0.2) is 0 Å². The summed E-state index contributed by atoms with van der Waals surface area (Å²) in [5, 5.41) is 13.0. The Bertz CT molecular complexity index is 214. The van der Waals surface area contributed by atoms with Crippen molar-refractivity contribution in [1.29, 1.82) is 0 Å². The lowest BCUT2D eigenvalue weighted by atomic mass is 9.85. The van der Waals surface area contributed by atoms with Gasteiger partial charge in [-0.25, -0.2) is 0 Å². The lowest BCUT2D eigenvalue weighted by Gasteiger charge is -2.31. The van der Waals surface area contributed by atoms with E-state index in [0.717, 1.165) is 19.6 Å². The Morgan fingerprint density at radius 3 is 2.79 bits per heavy atom. The van der Waals surface area contributed by atoms with E-state index in [9.17, 15) is 5.11 Å². The molecule has 19 heavy (non-hydrogen) atoms. The van der Waals surface area contributed by atoms with Crippen molar-refractivity contribution in [2.24, 2.45) is 5.92 Å². The van der Waals surface area contributed by atoms with Gasteiger partial charge in [0.1, 0.15) is 0 Å². The second-order valence-corrected chi connectivity index (χ2v) is 5.38. The molecular weight excluding hydrogens is 242 g/mol. The normalized spacial score (nSPS) is 25.4. The van der Waals surface area contributed by atoms with Gasteiger partial charge in [0, 0.05) is 19.7 Å². The zero-order valence-electron chi connectivity index (χ0n) is 12.6. The monoisotopic (exact) mass is 273 g/mol. The molecule has 114 valence electrons. The van der Waals surface area contributed by atoms with Gasteiger partial charge in [0.05, 0.1) is 25.4 Å². The van der Waals surface area contributed by atoms with Crippen LogP contribution in [0.3, 0.4) is 0 Å². The zero-order valence-corrected chi connectivity index (χ0v) is 12.6. The molecule has 0 aromatic carbocycles. The number of aliphatic hydroxyl groups excluding tert-OH is 1. The largest absolute Gasteiger partial charge is 0.389 e. The highest BCUT2D eigenvalue weighted by Gasteiger charge is 2.24. The fraction of sp³-hybridized carbons (Fsp3) is 1.00. The zero-order chi connectivity index (χ0) is 13.9. The summed E-state index contributed by atoms with van der Waals surface area (Å²) in [5.74, 6) is 0.687. The van der Waals surface area contributed by atoms with E-state index in [-0.39, 0.29) is 0 Å². The molecule has 1 aliphatic carbocycles. The van der Waals surface area contributed by atoms with Crippen molar-refractivity contribution in [2.75, 3.05) is 32.9 Å². The average molecular weight is 273 g/mol. The highest BCUT2D eigenvalue weighted by atomic mass is 16.5. The number of nitrogens with one attached hydrogen (secondary N) is 1. The van der Waals surface area contributed by atoms with Crippen molar-refractivity contribution in [1.82, 2.24) is 5.32 Å². The van der Waals surface area contributed by atoms with Crippen LogP contribution in [-0.4, -0.2) is 50.2 Å². The van der Waals surface area contributed by atoms with Gasteiger partial charge < -0.3 is 19.9 Å². The first-order valence-electron chi connectivity index (χ1n) is 7.86. The summed E-state index contributed by atoms with van der Waals surface area (Å²) in [7, 11) is 0. The molecule has 2 N–H and O–H groups in total. The van der Waals surface area contributed by atoms with E-state index < -0.39 is 6.10 Å². The summed E-state index contributed by atoms with van der Waals surface area (Å²) >= 11 is 0. The van der Waals surface area contributed by atoms with Crippen molar-refractivity contribution in [3.8, 4) is 0 Å². The van der Waals surface area contributed by atoms with Crippen LogP contribution in [0.5, 0.6) is 0 Å². The van der Waals surface area contributed by atoms with Gasteiger partial charge >= 0.3 is 0 Å². The van der Waals surface area contributed by atoms with Gasteiger partial charge in [-0.1, -0.05) is 26.2 Å². The van der Waals surface area contributed by atoms with E-state index in [4.69, 9.17) is 9.47 Å². The molecule has 0 aromatic heterocycles. The fourth-order valence-corrected chi connectivity index (χ4v) is 2.71. The van der Waals surface area contributed by atoms with Crippen LogP contribution in [0.4, 0.5) is 0 Å². The number of hydrogen-bond acceptors (Lipinski definition) is 4. The molecule has 4 nitrogen and oxygen atoms in total. The quantitative estimate of drug-likeness (QED) is 0.597. The molecule has 3 atom stereocenters. The van der Waals surface area contributed by atoms with Crippen molar-refractivity contribution < 1.29 is 14.6 Å². The summed E-state index contributed by atoms with van der Waals surface area (Å²) in [6.45, 7) is 7.47. The van der Waals surface area contributed by atoms with Crippen molar-refractivity contribution in [2.45, 2.75) is 58.2 Å². The Morgan fingerprint density at radius 2 is 2.05 bits per heavy atom. The number of ether oxygens (including phenoxy) is 2. The SMILES string of the molecule is CCOCCNCC(O)COC1CCCCC1CC. The molecule has 1 fully saturated rings. The Balaban J connectivity index is 2.06. The van der Waals surface area contributed by atoms with E-state index in [1.165, 1.54) is 25.7 Å². The summed E-state index contributed by atoms with van der Waals surface area (Å²) < 4.78 is 11.1. The third-order valence-electron chi connectivity index (χ3n) is 3.87. The summed E-state index contributed by atoms with van der Waals surface area (Å²) in [5.41, 5.74) is 0. The van der Waals surface area contributed by atoms with E-state index in [1.54, 1.807) is 0 Å². The molecule has 0 aromatic rings. The molecule has 0 bridgehead atoms. The molecule has 0 spiro atoms. The maximum absolute atomic E-state index is 9.87. The van der Waals surface area contributed by atoms with Gasteiger partial charge in [-0.2, -0.15) is 0 Å². The first-order chi connectivity index (χ1) is 9.27. The molecule has 0 radical (unpaired) electrons. The Labute approximate surface area is 117 Å². The average Bonchev–Trinajstić information content (AvgIpc) is 2.45. The van der Waals surface area contributed by atoms with Gasteiger partial charge in [0.25, 0.3) is 0 Å². The fourth-order valence-electron chi connectivity index (χ4n) is 2.71. The number of rotatable bonds is 10. The molecule has 0 amide bonds. The molecule has 3 unspecified atom stereocenters. The van der Waals surface area contributed by atoms with Crippen LogP contribution in [0.2, 0.25) is 0 Å². The minimum absolute atomic E-state index is 0.358. The topological polar surface area (TPSA) is 50.7 Å². The second kappa shape index (κ2) is 10.6. The van der Waals surface area contributed by atoms with Crippen molar-refractivity contribution in [3.63, 3.8) is 0 Å². The molecule has 0 heterocycles. The van der Waals surface area contributed by atoms with E-state index in [1.807, 2.05) is 6.92 Å². The number of aliphatic hydroxyl groups is 1. The molecular formula is C15H31NO3. The van der Waals surface area contributed by atoms with Crippen LogP contribution < -0.4 is 5.32 Å². The van der Waals surface area contributed by atoms with Gasteiger partial charge in [0.2, 0.25) is 0 Å². The summed E-state index contributed by atoms with van der Waals surface area (Å²) in [6, 6.07) is 0. The maximum atomic E-state index is 9.87. The van der Waals surface area contributed by atoms with Crippen LogP contribution in [0.15, 0.2) is 0 Å². The van der Waals surface area contributed by atoms with Gasteiger partial charge in [-0.05, 0) is 25.7 Å². The van der Waals surface area contributed by atoms with Crippen molar-refractivity contribution >= 4 is 0 Å². The first-order valence-corrected chi connectivity index (χ1v) is 7.86. The predicted octanol–water partition coefficient (Wildman–Crippen LogP) is 1.96. The number of hydrogen-bond donors (Lipinski definition) is 2. The predicted molar refractivity (Wildman–Crippen MR) is 77.4 cm³/mol. The first kappa shape index (κ1) is 16.9. The van der Waals surface area contributed by atoms with Gasteiger partial charge in [-0.3, -0.25) is 0 Å². The van der Waals surface area contributed by atoms with Crippen LogP contribution >= 0.6 is 0 Å². The molecule has 1 aliphatic rings. The van der Waals surface area contributed by atoms with Crippen LogP contribution in [0.25, 0.3) is 0 Å². The Morgan fingerprint density at radius 1 is 1.26 bits per heavy atom. The van der Waals surface area contributed by atoms with Gasteiger partial charge in [-0.15, -0.1) is 0 Å². The molecule has 4 heteroatoms. The third kappa shape index (κ3) is 7.25. The van der Waals surface area contributed by atoms with Crippen LogP contribution in [0, 0.1) is 5.92 Å². The molecule has 1 saturated carbocycles. The molecule has 1 rings (SSSR count). The maximum Gasteiger partial charge on any atom is 0.0897 e. The smallest absolute Gasteiger partial charge is 0.0897 e. The Hall–Kier alpha value is -0.160. The highest BCUT2D eigenvalue weighted by molar-refractivity contribution is 4.75. The Kier molecular flexibility index (Phi) is 9.43. The summed E-state index contributed by atoms with van der Waals surface area (Å²) in [4.78, 5) is 0. The van der Waals surface area contributed by atoms with Crippen molar-refractivity contribution in [3.05, 3.63) is 0 Å². The van der Waals surface area contributed by atoms with E-state index in [2.05, 4.69) is 12.2 Å². The van der Waals surface area contributed by atoms with Crippen LogP contribution in [-0.2, 0) is 9.47 Å². The lowest BCUT2D eigenvalue weighted by molar-refractivity contribution is -0.0500. The second-order valence-electron chi connectivity index (χ2n) is 5.38. The summed E-state index contributed by atoms with van der Waals surface area (Å²) in [6.07, 6.45) is 6.17. The third-order valence-corrected chi connectivity index (χ3v) is 3.87. The van der Waals surface area contributed by atoms with E-state index in [0.29, 0.717) is 31.8 Å². The highest BCUT2D eigenvalue weighted by Crippen LogP contribution is 2.29. The minimum Gasteiger partial charge on any atom is -0.389 e. The molecule has 0 aliphatic heterocycles.